The van der Waals surface area contributed by atoms with Crippen LogP contribution >= 0.6 is 23.6 Å². The Kier molecular flexibility index (Phi) is 5.82. The maximum absolute atomic E-state index is 11.9. The van der Waals surface area contributed by atoms with Gasteiger partial charge in [-0.15, -0.1) is 5.10 Å². The van der Waals surface area contributed by atoms with Crippen LogP contribution in [0.4, 0.5) is 10.8 Å². The maximum Gasteiger partial charge on any atom is 0.275 e. The van der Waals surface area contributed by atoms with Gasteiger partial charge in [0.1, 0.15) is 0 Å². The summed E-state index contributed by atoms with van der Waals surface area (Å²) >= 11 is 6.85. The number of carbonyl (C=O) groups is 1. The third-order valence-corrected chi connectivity index (χ3v) is 5.27. The Morgan fingerprint density at radius 1 is 1.40 bits per heavy atom. The molecule has 0 spiro atoms. The minimum Gasteiger partial charge on any atom is -0.348 e. The van der Waals surface area contributed by atoms with Gasteiger partial charge in [-0.05, 0) is 49.2 Å². The number of quaternary nitrogens is 1. The van der Waals surface area contributed by atoms with Crippen LogP contribution < -0.4 is 15.5 Å². The van der Waals surface area contributed by atoms with E-state index in [0.29, 0.717) is 23.2 Å². The van der Waals surface area contributed by atoms with Gasteiger partial charge in [-0.3, -0.25) is 4.79 Å². The molecule has 1 fully saturated rings. The highest BCUT2D eigenvalue weighted by atomic mass is 32.1. The summed E-state index contributed by atoms with van der Waals surface area (Å²) in [6.07, 6.45) is 3.24. The lowest BCUT2D eigenvalue weighted by atomic mass is 10.1. The Balaban J connectivity index is 1.57. The van der Waals surface area contributed by atoms with Crippen LogP contribution in [0.1, 0.15) is 25.3 Å². The first-order valence-corrected chi connectivity index (χ1v) is 9.80. The van der Waals surface area contributed by atoms with Crippen molar-refractivity contribution in [2.45, 2.75) is 38.9 Å². The second-order valence-corrected chi connectivity index (χ2v) is 8.10. The zero-order valence-electron chi connectivity index (χ0n) is 14.5. The van der Waals surface area contributed by atoms with Crippen LogP contribution in [0.3, 0.4) is 0 Å². The highest BCUT2D eigenvalue weighted by Crippen LogP contribution is 2.20. The van der Waals surface area contributed by atoms with Crippen molar-refractivity contribution in [3.63, 3.8) is 0 Å². The number of hydrogen-bond donors (Lipinski definition) is 3. The van der Waals surface area contributed by atoms with E-state index >= 15 is 0 Å². The van der Waals surface area contributed by atoms with Gasteiger partial charge in [-0.2, -0.15) is 4.68 Å². The van der Waals surface area contributed by atoms with Gasteiger partial charge in [0.05, 0.1) is 7.05 Å². The van der Waals surface area contributed by atoms with Gasteiger partial charge in [-0.25, -0.2) is 0 Å². The molecule has 1 amide bonds. The summed E-state index contributed by atoms with van der Waals surface area (Å²) in [7, 11) is 1.98. The molecule has 3 N–H and O–H groups in total. The molecule has 6 nitrogen and oxygen atoms in total. The van der Waals surface area contributed by atoms with Crippen molar-refractivity contribution >= 4 is 40.3 Å². The molecule has 1 aliphatic carbocycles. The molecule has 1 heterocycles. The van der Waals surface area contributed by atoms with Gasteiger partial charge in [0.2, 0.25) is 5.13 Å². The third-order valence-electron chi connectivity index (χ3n) is 4.04. The SMILES string of the molecule is CCc1ccc(Nc2nn(C[NH+](C)CC(=O)NC3CC3)c(=S)s2)cc1. The fraction of sp³-hybridized carbons (Fsp3) is 0.471. The topological polar surface area (TPSA) is 63.4 Å². The zero-order chi connectivity index (χ0) is 17.8. The van der Waals surface area contributed by atoms with E-state index in [2.05, 4.69) is 34.8 Å². The number of nitrogens with zero attached hydrogens (tertiary/aromatic N) is 2. The molecule has 2 aromatic rings. The quantitative estimate of drug-likeness (QED) is 0.612. The van der Waals surface area contributed by atoms with Crippen LogP contribution in [0.15, 0.2) is 24.3 Å². The van der Waals surface area contributed by atoms with Gasteiger partial charge in [0.25, 0.3) is 5.91 Å². The number of aryl methyl sites for hydroxylation is 1. The normalized spacial score (nSPS) is 15.0. The molecule has 1 unspecified atom stereocenters. The minimum atomic E-state index is 0.0936. The molecule has 1 aromatic heterocycles. The number of amides is 1. The van der Waals surface area contributed by atoms with Crippen molar-refractivity contribution in [1.82, 2.24) is 15.1 Å². The Hall–Kier alpha value is -1.77. The summed E-state index contributed by atoms with van der Waals surface area (Å²) in [4.78, 5) is 12.9. The predicted octanol–water partition coefficient (Wildman–Crippen LogP) is 1.73. The summed E-state index contributed by atoms with van der Waals surface area (Å²) < 4.78 is 2.48. The molecule has 25 heavy (non-hydrogen) atoms. The number of nitrogens with one attached hydrogen (secondary N) is 3. The Bertz CT molecular complexity index is 779. The number of hydrogen-bond acceptors (Lipinski definition) is 5. The molecule has 8 heteroatoms. The molecule has 1 atom stereocenters. The van der Waals surface area contributed by atoms with E-state index in [9.17, 15) is 4.79 Å². The number of anilines is 2. The van der Waals surface area contributed by atoms with Gasteiger partial charge in [0.15, 0.2) is 17.2 Å². The highest BCUT2D eigenvalue weighted by Gasteiger charge is 2.24. The van der Waals surface area contributed by atoms with Crippen molar-refractivity contribution in [1.29, 1.82) is 0 Å². The first-order chi connectivity index (χ1) is 12.0. The zero-order valence-corrected chi connectivity index (χ0v) is 16.2. The van der Waals surface area contributed by atoms with Crippen molar-refractivity contribution in [3.05, 3.63) is 33.8 Å². The van der Waals surface area contributed by atoms with Gasteiger partial charge in [-0.1, -0.05) is 30.4 Å². The number of rotatable bonds is 8. The van der Waals surface area contributed by atoms with Crippen LogP contribution in [0.2, 0.25) is 0 Å². The molecule has 0 aliphatic heterocycles. The molecule has 1 aliphatic rings. The Morgan fingerprint density at radius 2 is 2.12 bits per heavy atom. The fourth-order valence-corrected chi connectivity index (χ4v) is 3.52. The van der Waals surface area contributed by atoms with E-state index in [4.69, 9.17) is 12.2 Å². The number of carbonyl (C=O) groups excluding carboxylic acids is 1. The molecular formula is C17H24N5OS2+. The van der Waals surface area contributed by atoms with Crippen LogP contribution in [-0.2, 0) is 17.9 Å². The molecule has 1 saturated carbocycles. The maximum atomic E-state index is 11.9. The molecular weight excluding hydrogens is 354 g/mol. The highest BCUT2D eigenvalue weighted by molar-refractivity contribution is 7.73. The second kappa shape index (κ2) is 8.07. The predicted molar refractivity (Wildman–Crippen MR) is 103 cm³/mol. The van der Waals surface area contributed by atoms with E-state index in [1.54, 1.807) is 4.68 Å². The third kappa shape index (κ3) is 5.35. The minimum absolute atomic E-state index is 0.0936. The number of likely N-dealkylation sites (N-methyl/N-ethyl adjacent to an activating group) is 1. The van der Waals surface area contributed by atoms with Crippen LogP contribution in [0.5, 0.6) is 0 Å². The molecule has 0 radical (unpaired) electrons. The van der Waals surface area contributed by atoms with Crippen molar-refractivity contribution < 1.29 is 9.69 Å². The monoisotopic (exact) mass is 378 g/mol. The lowest BCUT2D eigenvalue weighted by Crippen LogP contribution is -3.09. The Labute approximate surface area is 156 Å². The first-order valence-electron chi connectivity index (χ1n) is 8.58. The summed E-state index contributed by atoms with van der Waals surface area (Å²) in [6, 6.07) is 8.71. The lowest BCUT2D eigenvalue weighted by molar-refractivity contribution is -0.895. The average molecular weight is 379 g/mol. The van der Waals surface area contributed by atoms with Crippen molar-refractivity contribution in [2.24, 2.45) is 0 Å². The lowest BCUT2D eigenvalue weighted by Gasteiger charge is -2.13. The summed E-state index contributed by atoms with van der Waals surface area (Å²) in [5, 5.41) is 11.6. The van der Waals surface area contributed by atoms with E-state index < -0.39 is 0 Å². The number of aromatic nitrogens is 2. The van der Waals surface area contributed by atoms with Crippen LogP contribution in [0, 0.1) is 3.95 Å². The smallest absolute Gasteiger partial charge is 0.275 e. The van der Waals surface area contributed by atoms with Gasteiger partial charge >= 0.3 is 0 Å². The standard InChI is InChI=1S/C17H23N5OS2/c1-3-12-4-6-14(7-5-12)19-16-20-22(17(24)25-16)11-21(2)10-15(23)18-13-8-9-13/h4-7,13H,3,8-11H2,1-2H3,(H,18,23)(H,19,20)/p+1. The molecule has 1 aromatic carbocycles. The second-order valence-electron chi connectivity index (χ2n) is 6.48. The van der Waals surface area contributed by atoms with Gasteiger partial charge in [0, 0.05) is 11.7 Å². The van der Waals surface area contributed by atoms with E-state index in [1.165, 1.54) is 16.9 Å². The molecule has 134 valence electrons. The summed E-state index contributed by atoms with van der Waals surface area (Å²) in [5.41, 5.74) is 2.30. The van der Waals surface area contributed by atoms with Crippen molar-refractivity contribution in [3.8, 4) is 0 Å². The molecule has 0 bridgehead atoms. The van der Waals surface area contributed by atoms with Crippen molar-refractivity contribution in [2.75, 3.05) is 18.9 Å². The van der Waals surface area contributed by atoms with Gasteiger partial charge < -0.3 is 15.5 Å². The first kappa shape index (κ1) is 18.0. The van der Waals surface area contributed by atoms with E-state index in [0.717, 1.165) is 35.0 Å². The van der Waals surface area contributed by atoms with E-state index in [-0.39, 0.29) is 5.91 Å². The number of benzene rings is 1. The largest absolute Gasteiger partial charge is 0.348 e. The summed E-state index contributed by atoms with van der Waals surface area (Å²) in [5.74, 6) is 0.0936. The fourth-order valence-electron chi connectivity index (χ4n) is 2.50. The molecule has 3 rings (SSSR count). The summed E-state index contributed by atoms with van der Waals surface area (Å²) in [6.45, 7) is 3.14. The average Bonchev–Trinajstić information content (AvgIpc) is 3.31. The van der Waals surface area contributed by atoms with Crippen LogP contribution in [-0.4, -0.2) is 35.3 Å². The Morgan fingerprint density at radius 3 is 2.76 bits per heavy atom. The van der Waals surface area contributed by atoms with Crippen LogP contribution in [0.25, 0.3) is 0 Å². The molecule has 0 saturated heterocycles. The van der Waals surface area contributed by atoms with E-state index in [1.807, 2.05) is 19.2 Å².